The van der Waals surface area contributed by atoms with Gasteiger partial charge in [0.2, 0.25) is 0 Å². The number of ether oxygens (including phenoxy) is 1. The first-order chi connectivity index (χ1) is 9.38. The molecule has 19 heavy (non-hydrogen) atoms. The fourth-order valence-corrected chi connectivity index (χ4v) is 2.68. The minimum Gasteiger partial charge on any atom is -0.488 e. The highest BCUT2D eigenvalue weighted by Crippen LogP contribution is 2.37. The van der Waals surface area contributed by atoms with Gasteiger partial charge in [0.25, 0.3) is 0 Å². The molecule has 2 nitrogen and oxygen atoms in total. The summed E-state index contributed by atoms with van der Waals surface area (Å²) in [5, 5.41) is 3.20. The van der Waals surface area contributed by atoms with Gasteiger partial charge in [-0.15, -0.1) is 0 Å². The second-order valence-electron chi connectivity index (χ2n) is 5.00. The molecule has 1 N–H and O–H groups in total. The zero-order valence-corrected chi connectivity index (χ0v) is 11.2. The van der Waals surface area contributed by atoms with Gasteiger partial charge in [0, 0.05) is 12.1 Å². The number of para-hydroxylation sites is 1. The third-order valence-electron chi connectivity index (χ3n) is 3.63. The fraction of sp³-hybridized carbons (Fsp3) is 0.294. The molecule has 0 saturated heterocycles. The lowest BCUT2D eigenvalue weighted by Gasteiger charge is -2.28. The number of hydrogen-bond donors (Lipinski definition) is 1. The van der Waals surface area contributed by atoms with Gasteiger partial charge in [-0.05, 0) is 31.0 Å². The number of benzene rings is 2. The Bertz CT molecular complexity index is 550. The molecule has 0 bridgehead atoms. The van der Waals surface area contributed by atoms with Gasteiger partial charge >= 0.3 is 0 Å². The first-order valence-electron chi connectivity index (χ1n) is 6.87. The molecular formula is C17H19NO. The maximum atomic E-state index is 6.20. The maximum absolute atomic E-state index is 6.20. The van der Waals surface area contributed by atoms with Crippen LogP contribution in [0.2, 0.25) is 0 Å². The second-order valence-corrected chi connectivity index (χ2v) is 5.00. The number of rotatable bonds is 3. The summed E-state index contributed by atoms with van der Waals surface area (Å²) in [6.07, 6.45) is 2.47. The molecule has 0 unspecified atom stereocenters. The van der Waals surface area contributed by atoms with E-state index in [0.717, 1.165) is 25.1 Å². The van der Waals surface area contributed by atoms with Gasteiger partial charge in [0.15, 0.2) is 0 Å². The molecule has 1 atom stereocenters. The van der Waals surface area contributed by atoms with Crippen molar-refractivity contribution >= 4 is 0 Å². The van der Waals surface area contributed by atoms with Crippen LogP contribution in [0.3, 0.4) is 0 Å². The van der Waals surface area contributed by atoms with Crippen molar-refractivity contribution in [2.45, 2.75) is 18.9 Å². The van der Waals surface area contributed by atoms with Gasteiger partial charge in [0.05, 0.1) is 0 Å². The van der Waals surface area contributed by atoms with Gasteiger partial charge in [-0.2, -0.15) is 0 Å². The van der Waals surface area contributed by atoms with Crippen molar-refractivity contribution in [3.05, 3.63) is 54.1 Å². The van der Waals surface area contributed by atoms with E-state index in [-0.39, 0.29) is 6.10 Å². The Morgan fingerprint density at radius 3 is 2.74 bits per heavy atom. The first-order valence-corrected chi connectivity index (χ1v) is 6.87. The van der Waals surface area contributed by atoms with Crippen LogP contribution >= 0.6 is 0 Å². The Morgan fingerprint density at radius 2 is 1.95 bits per heavy atom. The van der Waals surface area contributed by atoms with Crippen LogP contribution in [-0.4, -0.2) is 19.7 Å². The number of nitrogens with one attached hydrogen (secondary N) is 1. The minimum absolute atomic E-state index is 0.280. The zero-order valence-electron chi connectivity index (χ0n) is 11.2. The van der Waals surface area contributed by atoms with Crippen LogP contribution in [0, 0.1) is 0 Å². The Hall–Kier alpha value is -1.80. The summed E-state index contributed by atoms with van der Waals surface area (Å²) in [5.74, 6) is 1.07. The summed E-state index contributed by atoms with van der Waals surface area (Å²) in [4.78, 5) is 0. The highest BCUT2D eigenvalue weighted by Gasteiger charge is 2.21. The minimum atomic E-state index is 0.280. The molecule has 98 valence electrons. The van der Waals surface area contributed by atoms with Gasteiger partial charge in [-0.25, -0.2) is 0 Å². The molecular weight excluding hydrogens is 234 g/mol. The van der Waals surface area contributed by atoms with Crippen molar-refractivity contribution in [2.24, 2.45) is 0 Å². The van der Waals surface area contributed by atoms with E-state index in [0.29, 0.717) is 0 Å². The van der Waals surface area contributed by atoms with E-state index < -0.39 is 0 Å². The topological polar surface area (TPSA) is 21.3 Å². The SMILES string of the molecule is CNC[C@@H]1CCc2cccc(-c3ccccc3)c2O1. The van der Waals surface area contributed by atoms with Crippen LogP contribution in [0.1, 0.15) is 12.0 Å². The van der Waals surface area contributed by atoms with Crippen LogP contribution < -0.4 is 10.1 Å². The van der Waals surface area contributed by atoms with Gasteiger partial charge in [0.1, 0.15) is 11.9 Å². The predicted octanol–water partition coefficient (Wildman–Crippen LogP) is 3.27. The van der Waals surface area contributed by atoms with Crippen molar-refractivity contribution in [3.63, 3.8) is 0 Å². The standard InChI is InChI=1S/C17H19NO/c1-18-12-15-11-10-14-8-5-9-16(17(14)19-15)13-6-3-2-4-7-13/h2-9,15,18H,10-12H2,1H3/t15-/m0/s1. The van der Waals surface area contributed by atoms with Crippen LogP contribution in [0.4, 0.5) is 0 Å². The lowest BCUT2D eigenvalue weighted by Crippen LogP contribution is -2.32. The molecule has 2 aromatic carbocycles. The normalized spacial score (nSPS) is 17.6. The van der Waals surface area contributed by atoms with Gasteiger partial charge in [-0.1, -0.05) is 48.5 Å². The van der Waals surface area contributed by atoms with Crippen LogP contribution in [-0.2, 0) is 6.42 Å². The molecule has 0 aromatic heterocycles. The van der Waals surface area contributed by atoms with Crippen LogP contribution in [0.15, 0.2) is 48.5 Å². The van der Waals surface area contributed by atoms with E-state index in [1.165, 1.54) is 16.7 Å². The molecule has 0 radical (unpaired) electrons. The molecule has 1 heterocycles. The van der Waals surface area contributed by atoms with Gasteiger partial charge in [-0.3, -0.25) is 0 Å². The summed E-state index contributed by atoms with van der Waals surface area (Å²) in [5.41, 5.74) is 3.76. The molecule has 1 aliphatic heterocycles. The number of aryl methyl sites for hydroxylation is 1. The van der Waals surface area contributed by atoms with Gasteiger partial charge < -0.3 is 10.1 Å². The Morgan fingerprint density at radius 1 is 1.11 bits per heavy atom. The monoisotopic (exact) mass is 253 g/mol. The molecule has 3 rings (SSSR count). The Balaban J connectivity index is 1.99. The number of fused-ring (bicyclic) bond motifs is 1. The highest BCUT2D eigenvalue weighted by molar-refractivity contribution is 5.72. The van der Waals surface area contributed by atoms with E-state index in [2.05, 4.69) is 47.8 Å². The summed E-state index contributed by atoms with van der Waals surface area (Å²) in [6, 6.07) is 16.9. The van der Waals surface area contributed by atoms with Crippen molar-refractivity contribution in [1.82, 2.24) is 5.32 Å². The number of hydrogen-bond acceptors (Lipinski definition) is 2. The maximum Gasteiger partial charge on any atom is 0.130 e. The quantitative estimate of drug-likeness (QED) is 0.906. The molecule has 1 aliphatic rings. The molecule has 0 fully saturated rings. The molecule has 0 aliphatic carbocycles. The Kier molecular flexibility index (Phi) is 3.51. The van der Waals surface area contributed by atoms with Crippen molar-refractivity contribution < 1.29 is 4.74 Å². The fourth-order valence-electron chi connectivity index (χ4n) is 2.68. The van der Waals surface area contributed by atoms with E-state index in [1.54, 1.807) is 0 Å². The molecule has 0 saturated carbocycles. The molecule has 2 aromatic rings. The van der Waals surface area contributed by atoms with E-state index in [4.69, 9.17) is 4.74 Å². The van der Waals surface area contributed by atoms with E-state index in [1.807, 2.05) is 13.1 Å². The van der Waals surface area contributed by atoms with E-state index in [9.17, 15) is 0 Å². The molecule has 2 heteroatoms. The summed E-state index contributed by atoms with van der Waals surface area (Å²) < 4.78 is 6.20. The molecule has 0 spiro atoms. The van der Waals surface area contributed by atoms with Crippen LogP contribution in [0.25, 0.3) is 11.1 Å². The average Bonchev–Trinajstić information content (AvgIpc) is 2.48. The third-order valence-corrected chi connectivity index (χ3v) is 3.63. The Labute approximate surface area is 114 Å². The summed E-state index contributed by atoms with van der Waals surface area (Å²) >= 11 is 0. The molecule has 0 amide bonds. The average molecular weight is 253 g/mol. The summed E-state index contributed by atoms with van der Waals surface area (Å²) in [7, 11) is 1.97. The van der Waals surface area contributed by atoms with E-state index >= 15 is 0 Å². The van der Waals surface area contributed by atoms with Crippen molar-refractivity contribution in [3.8, 4) is 16.9 Å². The lowest BCUT2D eigenvalue weighted by atomic mass is 9.95. The van der Waals surface area contributed by atoms with Crippen LogP contribution in [0.5, 0.6) is 5.75 Å². The second kappa shape index (κ2) is 5.45. The van der Waals surface area contributed by atoms with Crippen molar-refractivity contribution in [2.75, 3.05) is 13.6 Å². The summed E-state index contributed by atoms with van der Waals surface area (Å²) in [6.45, 7) is 0.905. The highest BCUT2D eigenvalue weighted by atomic mass is 16.5. The predicted molar refractivity (Wildman–Crippen MR) is 78.5 cm³/mol. The smallest absolute Gasteiger partial charge is 0.130 e. The largest absolute Gasteiger partial charge is 0.488 e. The third kappa shape index (κ3) is 2.49. The zero-order chi connectivity index (χ0) is 13.1. The first kappa shape index (κ1) is 12.2. The lowest BCUT2D eigenvalue weighted by molar-refractivity contribution is 0.174. The number of likely N-dealkylation sites (N-methyl/N-ethyl adjacent to an activating group) is 1. The van der Waals surface area contributed by atoms with Crippen molar-refractivity contribution in [1.29, 1.82) is 0 Å².